The summed E-state index contributed by atoms with van der Waals surface area (Å²) in [6.45, 7) is 11.9. The Morgan fingerprint density at radius 3 is 2.74 bits per heavy atom. The molecule has 1 aliphatic rings. The van der Waals surface area contributed by atoms with Gasteiger partial charge in [0.15, 0.2) is 0 Å². The maximum absolute atomic E-state index is 12.5. The Morgan fingerprint density at radius 2 is 2.06 bits per heavy atom. The minimum absolute atomic E-state index is 0.0562. The quantitative estimate of drug-likeness (QED) is 0.315. The fourth-order valence-electron chi connectivity index (χ4n) is 3.05. The van der Waals surface area contributed by atoms with Crippen LogP contribution >= 0.6 is 0 Å². The number of hydrogen-bond donors (Lipinski definition) is 2. The Hall–Kier alpha value is -2.84. The molecule has 1 heterocycles. The van der Waals surface area contributed by atoms with E-state index in [0.29, 0.717) is 17.9 Å². The van der Waals surface area contributed by atoms with Gasteiger partial charge in [-0.2, -0.15) is 0 Å². The topological polar surface area (TPSA) is 97.3 Å². The number of phenolic OH excluding ortho intramolecular Hbond substituents is 1. The van der Waals surface area contributed by atoms with E-state index in [9.17, 15) is 14.7 Å². The predicted molar refractivity (Wildman–Crippen MR) is 118 cm³/mol. The molecule has 1 aromatic carbocycles. The van der Waals surface area contributed by atoms with E-state index in [-0.39, 0.29) is 29.9 Å². The van der Waals surface area contributed by atoms with Crippen molar-refractivity contribution in [3.63, 3.8) is 0 Å². The summed E-state index contributed by atoms with van der Waals surface area (Å²) < 4.78 is 16.4. The number of carbonyl (C=O) groups is 2. The van der Waals surface area contributed by atoms with Gasteiger partial charge in [0.25, 0.3) is 0 Å². The highest BCUT2D eigenvalue weighted by Crippen LogP contribution is 2.30. The second-order valence-electron chi connectivity index (χ2n) is 7.37. The molecule has 1 aliphatic heterocycles. The average molecular weight is 433 g/mol. The molecule has 0 radical (unpaired) electrons. The fourth-order valence-corrected chi connectivity index (χ4v) is 3.05. The number of hydrogen-bond acceptors (Lipinski definition) is 7. The van der Waals surface area contributed by atoms with E-state index in [1.807, 2.05) is 0 Å². The molecule has 1 aromatic rings. The first-order chi connectivity index (χ1) is 14.9. The lowest BCUT2D eigenvalue weighted by molar-refractivity contribution is -0.116. The number of esters is 1. The number of carbonyl (C=O) groups excluding carboxylic acids is 2. The highest BCUT2D eigenvalue weighted by Gasteiger charge is 2.20. The Labute approximate surface area is 183 Å². The molecule has 0 saturated carbocycles. The monoisotopic (exact) mass is 432 g/mol. The van der Waals surface area contributed by atoms with Gasteiger partial charge >= 0.3 is 5.97 Å². The van der Waals surface area contributed by atoms with E-state index < -0.39 is 5.97 Å². The van der Waals surface area contributed by atoms with Crippen LogP contribution in [0.3, 0.4) is 0 Å². The van der Waals surface area contributed by atoms with Gasteiger partial charge in [-0.05, 0) is 38.0 Å². The number of amides is 1. The fraction of sp³-hybridized carbons (Fsp3) is 0.478. The van der Waals surface area contributed by atoms with Gasteiger partial charge < -0.3 is 24.6 Å². The van der Waals surface area contributed by atoms with E-state index in [0.717, 1.165) is 39.3 Å². The molecule has 0 bridgehead atoms. The van der Waals surface area contributed by atoms with Crippen LogP contribution in [0.4, 0.5) is 0 Å². The predicted octanol–water partition coefficient (Wildman–Crippen LogP) is 2.37. The molecule has 1 amide bonds. The van der Waals surface area contributed by atoms with Crippen LogP contribution in [0.5, 0.6) is 11.5 Å². The van der Waals surface area contributed by atoms with Crippen LogP contribution in [-0.4, -0.2) is 74.0 Å². The van der Waals surface area contributed by atoms with Crippen molar-refractivity contribution in [1.29, 1.82) is 0 Å². The van der Waals surface area contributed by atoms with E-state index in [2.05, 4.69) is 16.8 Å². The molecule has 0 aromatic heterocycles. The van der Waals surface area contributed by atoms with Crippen molar-refractivity contribution in [3.8, 4) is 11.5 Å². The zero-order valence-electron chi connectivity index (χ0n) is 18.3. The first-order valence-corrected chi connectivity index (χ1v) is 10.5. The van der Waals surface area contributed by atoms with Crippen molar-refractivity contribution in [2.45, 2.75) is 26.4 Å². The zero-order chi connectivity index (χ0) is 22.6. The lowest BCUT2D eigenvalue weighted by Crippen LogP contribution is -2.37. The van der Waals surface area contributed by atoms with Gasteiger partial charge in [0.2, 0.25) is 5.91 Å². The first kappa shape index (κ1) is 24.4. The van der Waals surface area contributed by atoms with Crippen LogP contribution in [0.1, 0.15) is 36.2 Å². The molecule has 8 heteroatoms. The average Bonchev–Trinajstić information content (AvgIpc) is 2.74. The van der Waals surface area contributed by atoms with Gasteiger partial charge in [-0.1, -0.05) is 18.7 Å². The van der Waals surface area contributed by atoms with Crippen LogP contribution in [0.25, 0.3) is 6.08 Å². The largest absolute Gasteiger partial charge is 0.507 e. The Balaban J connectivity index is 2.07. The third kappa shape index (κ3) is 8.43. The molecular weight excluding hydrogens is 400 g/mol. The molecule has 0 unspecified atom stereocenters. The van der Waals surface area contributed by atoms with Gasteiger partial charge in [-0.25, -0.2) is 4.79 Å². The summed E-state index contributed by atoms with van der Waals surface area (Å²) >= 11 is 0. The number of nitrogens with one attached hydrogen (secondary N) is 1. The number of nitrogens with zero attached hydrogens (tertiary/aromatic N) is 1. The van der Waals surface area contributed by atoms with Crippen LogP contribution in [0, 0.1) is 0 Å². The van der Waals surface area contributed by atoms with E-state index >= 15 is 0 Å². The standard InChI is InChI=1S/C23H32N2O6/c1-4-21(27)24-8-5-7-18-15-19(16-20(26)22(18)23(28)31-17(2)3)30-12-6-9-25-10-13-29-14-11-25/h4-5,7,15-17,26H,1,6,8-14H2,2-3H3,(H,24,27)/b7-5+. The molecule has 0 aliphatic carbocycles. The molecule has 0 atom stereocenters. The molecule has 8 nitrogen and oxygen atoms in total. The van der Waals surface area contributed by atoms with E-state index in [1.165, 1.54) is 12.1 Å². The number of benzene rings is 1. The normalized spacial score (nSPS) is 14.5. The maximum atomic E-state index is 12.5. The lowest BCUT2D eigenvalue weighted by atomic mass is 10.0. The molecule has 1 fully saturated rings. The van der Waals surface area contributed by atoms with Crippen molar-refractivity contribution in [1.82, 2.24) is 10.2 Å². The van der Waals surface area contributed by atoms with Gasteiger partial charge in [0.05, 0.1) is 25.9 Å². The van der Waals surface area contributed by atoms with Gasteiger partial charge in [-0.3, -0.25) is 9.69 Å². The molecule has 0 spiro atoms. The number of rotatable bonds is 11. The first-order valence-electron chi connectivity index (χ1n) is 10.5. The van der Waals surface area contributed by atoms with Crippen molar-refractivity contribution in [3.05, 3.63) is 42.0 Å². The smallest absolute Gasteiger partial charge is 0.342 e. The van der Waals surface area contributed by atoms with Crippen molar-refractivity contribution < 1.29 is 28.9 Å². The van der Waals surface area contributed by atoms with Crippen LogP contribution in [0.15, 0.2) is 30.9 Å². The molecule has 2 rings (SSSR count). The second kappa shape index (κ2) is 12.8. The van der Waals surface area contributed by atoms with Crippen LogP contribution < -0.4 is 10.1 Å². The molecule has 1 saturated heterocycles. The summed E-state index contributed by atoms with van der Waals surface area (Å²) in [5.41, 5.74) is 0.502. The number of aromatic hydroxyl groups is 1. The van der Waals surface area contributed by atoms with Crippen molar-refractivity contribution in [2.24, 2.45) is 0 Å². The Bertz CT molecular complexity index is 785. The SMILES string of the molecule is C=CC(=O)NC/C=C/c1cc(OCCCN2CCOCC2)cc(O)c1C(=O)OC(C)C. The van der Waals surface area contributed by atoms with Crippen molar-refractivity contribution >= 4 is 18.0 Å². The molecule has 2 N–H and O–H groups in total. The number of phenols is 1. The maximum Gasteiger partial charge on any atom is 0.342 e. The highest BCUT2D eigenvalue weighted by molar-refractivity contribution is 5.97. The molecular formula is C23H32N2O6. The summed E-state index contributed by atoms with van der Waals surface area (Å²) in [7, 11) is 0. The van der Waals surface area contributed by atoms with Gasteiger partial charge in [0, 0.05) is 32.2 Å². The van der Waals surface area contributed by atoms with Crippen LogP contribution in [0.2, 0.25) is 0 Å². The molecule has 31 heavy (non-hydrogen) atoms. The van der Waals surface area contributed by atoms with Crippen molar-refractivity contribution in [2.75, 3.05) is 46.0 Å². The Morgan fingerprint density at radius 1 is 1.32 bits per heavy atom. The third-order valence-corrected chi connectivity index (χ3v) is 4.54. The van der Waals surface area contributed by atoms with Gasteiger partial charge in [-0.15, -0.1) is 0 Å². The second-order valence-corrected chi connectivity index (χ2v) is 7.37. The summed E-state index contributed by atoms with van der Waals surface area (Å²) in [6, 6.07) is 3.10. The zero-order valence-corrected chi connectivity index (χ0v) is 18.3. The Kier molecular flexibility index (Phi) is 10.1. The highest BCUT2D eigenvalue weighted by atomic mass is 16.5. The number of ether oxygens (including phenoxy) is 3. The minimum Gasteiger partial charge on any atom is -0.507 e. The lowest BCUT2D eigenvalue weighted by Gasteiger charge is -2.26. The summed E-state index contributed by atoms with van der Waals surface area (Å²) in [5.74, 6) is -0.688. The summed E-state index contributed by atoms with van der Waals surface area (Å²) in [4.78, 5) is 26.1. The van der Waals surface area contributed by atoms with Crippen LogP contribution in [-0.2, 0) is 14.3 Å². The van der Waals surface area contributed by atoms with E-state index in [1.54, 1.807) is 32.1 Å². The van der Waals surface area contributed by atoms with E-state index in [4.69, 9.17) is 14.2 Å². The third-order valence-electron chi connectivity index (χ3n) is 4.54. The van der Waals surface area contributed by atoms with Gasteiger partial charge in [0.1, 0.15) is 17.1 Å². The summed E-state index contributed by atoms with van der Waals surface area (Å²) in [5, 5.41) is 13.1. The number of morpholine rings is 1. The molecule has 170 valence electrons. The summed E-state index contributed by atoms with van der Waals surface area (Å²) in [6.07, 6.45) is 4.99. The minimum atomic E-state index is -0.624.